The van der Waals surface area contributed by atoms with Crippen molar-refractivity contribution in [3.63, 3.8) is 0 Å². The van der Waals surface area contributed by atoms with Gasteiger partial charge in [0.05, 0.1) is 28.6 Å². The van der Waals surface area contributed by atoms with Crippen LogP contribution in [0.25, 0.3) is 11.3 Å². The molecule has 37 heavy (non-hydrogen) atoms. The number of ether oxygens (including phenoxy) is 2. The fourth-order valence-electron chi connectivity index (χ4n) is 5.83. The van der Waals surface area contributed by atoms with Crippen molar-refractivity contribution in [2.45, 2.75) is 83.4 Å². The summed E-state index contributed by atoms with van der Waals surface area (Å²) in [6, 6.07) is 6.16. The number of aromatic nitrogens is 2. The van der Waals surface area contributed by atoms with Gasteiger partial charge in [-0.2, -0.15) is 0 Å². The number of hydrogen-bond acceptors (Lipinski definition) is 6. The van der Waals surface area contributed by atoms with E-state index in [-0.39, 0.29) is 11.4 Å². The number of nitrogens with zero attached hydrogens (tertiary/aromatic N) is 2. The van der Waals surface area contributed by atoms with Crippen LogP contribution in [0.2, 0.25) is 5.02 Å². The molecule has 2 N–H and O–H groups in total. The van der Waals surface area contributed by atoms with E-state index in [0.29, 0.717) is 64.7 Å². The van der Waals surface area contributed by atoms with Crippen LogP contribution in [0.5, 0.6) is 0 Å². The lowest BCUT2D eigenvalue weighted by Gasteiger charge is -2.35. The Morgan fingerprint density at radius 1 is 1.16 bits per heavy atom. The molecule has 1 aliphatic carbocycles. The monoisotopic (exact) mass is 532 g/mol. The number of nitrogens with one attached hydrogen (secondary N) is 2. The van der Waals surface area contributed by atoms with Crippen molar-refractivity contribution in [1.29, 1.82) is 0 Å². The molecular formula is C29H42ClFN4O2. The summed E-state index contributed by atoms with van der Waals surface area (Å²) >= 11 is 6.50. The van der Waals surface area contributed by atoms with Gasteiger partial charge in [0.25, 0.3) is 0 Å². The Kier molecular flexibility index (Phi) is 9.79. The molecule has 2 fully saturated rings. The van der Waals surface area contributed by atoms with Crippen LogP contribution in [0.4, 0.5) is 10.2 Å². The van der Waals surface area contributed by atoms with Gasteiger partial charge in [0.1, 0.15) is 5.82 Å². The number of halogens is 2. The maximum absolute atomic E-state index is 15.7. The number of methoxy groups -OCH3 is 1. The van der Waals surface area contributed by atoms with Crippen LogP contribution >= 0.6 is 11.6 Å². The Labute approximate surface area is 226 Å². The normalized spacial score (nSPS) is 24.5. The van der Waals surface area contributed by atoms with Crippen molar-refractivity contribution in [3.8, 4) is 11.3 Å². The lowest BCUT2D eigenvalue weighted by molar-refractivity contribution is -0.0699. The van der Waals surface area contributed by atoms with Gasteiger partial charge in [-0.25, -0.2) is 9.37 Å². The van der Waals surface area contributed by atoms with E-state index in [1.165, 1.54) is 0 Å². The van der Waals surface area contributed by atoms with Crippen molar-refractivity contribution >= 4 is 17.4 Å². The van der Waals surface area contributed by atoms with Crippen molar-refractivity contribution < 1.29 is 13.9 Å². The van der Waals surface area contributed by atoms with Crippen molar-refractivity contribution in [2.24, 2.45) is 11.8 Å². The lowest BCUT2D eigenvalue weighted by Crippen LogP contribution is -2.41. The summed E-state index contributed by atoms with van der Waals surface area (Å²) in [7, 11) is 1.73. The van der Waals surface area contributed by atoms with E-state index < -0.39 is 0 Å². The molecule has 1 unspecified atom stereocenters. The first-order chi connectivity index (χ1) is 17.7. The van der Waals surface area contributed by atoms with E-state index in [9.17, 15) is 0 Å². The molecule has 0 aromatic carbocycles. The molecular weight excluding hydrogens is 491 g/mol. The van der Waals surface area contributed by atoms with Crippen LogP contribution in [0.3, 0.4) is 0 Å². The molecule has 1 saturated carbocycles. The number of anilines is 1. The quantitative estimate of drug-likeness (QED) is 0.375. The topological polar surface area (TPSA) is 68.3 Å². The highest BCUT2D eigenvalue weighted by molar-refractivity contribution is 6.33. The molecule has 2 aromatic rings. The standard InChI is InChI=1S/C29H42ClFN4O2/c1-19(18-36-4)34-22-7-5-20(6-8-22)15-25-27(31)23(11-13-32-25)28-24(30)9-10-26(35-28)33-17-21-12-14-37-29(2,3)16-21/h9-11,13,19-22,34H,5-8,12,14-18H2,1-4H3,(H,33,35)/t19-,20?,21?,22?/m1/s1. The summed E-state index contributed by atoms with van der Waals surface area (Å²) in [5.74, 6) is 1.32. The SMILES string of the molecule is COC[C@@H](C)NC1CCC(Cc2nccc(-c3nc(NCC4CCOC(C)(C)C4)ccc3Cl)c2F)CC1. The minimum Gasteiger partial charge on any atom is -0.383 e. The molecule has 1 saturated heterocycles. The Hall–Kier alpha value is -1.80. The summed E-state index contributed by atoms with van der Waals surface area (Å²) in [4.78, 5) is 9.11. The Morgan fingerprint density at radius 3 is 2.68 bits per heavy atom. The predicted molar refractivity (Wildman–Crippen MR) is 148 cm³/mol. The Balaban J connectivity index is 1.39. The van der Waals surface area contributed by atoms with E-state index >= 15 is 4.39 Å². The van der Waals surface area contributed by atoms with E-state index in [1.54, 1.807) is 25.4 Å². The molecule has 0 radical (unpaired) electrons. The molecule has 3 heterocycles. The third-order valence-corrected chi connectivity index (χ3v) is 8.00. The first-order valence-electron chi connectivity index (χ1n) is 13.7. The van der Waals surface area contributed by atoms with Crippen LogP contribution in [0.1, 0.15) is 65.0 Å². The van der Waals surface area contributed by atoms with Gasteiger partial charge in [0.15, 0.2) is 5.82 Å². The zero-order valence-corrected chi connectivity index (χ0v) is 23.4. The zero-order valence-electron chi connectivity index (χ0n) is 22.7. The van der Waals surface area contributed by atoms with Gasteiger partial charge in [-0.3, -0.25) is 4.98 Å². The van der Waals surface area contributed by atoms with Gasteiger partial charge in [-0.1, -0.05) is 11.6 Å². The van der Waals surface area contributed by atoms with Crippen molar-refractivity contribution in [3.05, 3.63) is 40.9 Å². The smallest absolute Gasteiger partial charge is 0.154 e. The number of hydrogen-bond donors (Lipinski definition) is 2. The van der Waals surface area contributed by atoms with Gasteiger partial charge >= 0.3 is 0 Å². The van der Waals surface area contributed by atoms with Gasteiger partial charge in [-0.05, 0) is 95.8 Å². The predicted octanol–water partition coefficient (Wildman–Crippen LogP) is 6.28. The van der Waals surface area contributed by atoms with Crippen molar-refractivity contribution in [2.75, 3.05) is 32.2 Å². The van der Waals surface area contributed by atoms with Crippen LogP contribution in [0, 0.1) is 17.7 Å². The van der Waals surface area contributed by atoms with Gasteiger partial charge in [-0.15, -0.1) is 0 Å². The second-order valence-electron chi connectivity index (χ2n) is 11.4. The van der Waals surface area contributed by atoms with Gasteiger partial charge in [0, 0.05) is 44.1 Å². The molecule has 0 bridgehead atoms. The molecule has 1 aliphatic heterocycles. The summed E-state index contributed by atoms with van der Waals surface area (Å²) in [6.45, 7) is 8.70. The lowest BCUT2D eigenvalue weighted by atomic mass is 9.83. The Bertz CT molecular complexity index is 1030. The molecule has 8 heteroatoms. The first kappa shape index (κ1) is 28.2. The highest BCUT2D eigenvalue weighted by atomic mass is 35.5. The molecule has 4 rings (SSSR count). The number of pyridine rings is 2. The van der Waals surface area contributed by atoms with Crippen LogP contribution in [-0.4, -0.2) is 54.5 Å². The van der Waals surface area contributed by atoms with E-state index in [1.807, 2.05) is 6.07 Å². The van der Waals surface area contributed by atoms with Crippen molar-refractivity contribution in [1.82, 2.24) is 15.3 Å². The fourth-order valence-corrected chi connectivity index (χ4v) is 6.04. The van der Waals surface area contributed by atoms with E-state index in [4.69, 9.17) is 26.1 Å². The third kappa shape index (κ3) is 7.85. The molecule has 204 valence electrons. The molecule has 0 amide bonds. The summed E-state index contributed by atoms with van der Waals surface area (Å²) < 4.78 is 26.8. The highest BCUT2D eigenvalue weighted by Gasteiger charge is 2.29. The minimum absolute atomic E-state index is 0.0993. The van der Waals surface area contributed by atoms with E-state index in [2.05, 4.69) is 36.4 Å². The molecule has 2 aliphatic rings. The molecule has 6 nitrogen and oxygen atoms in total. The van der Waals surface area contributed by atoms with Gasteiger partial charge in [0.2, 0.25) is 0 Å². The summed E-state index contributed by atoms with van der Waals surface area (Å²) in [5, 5.41) is 7.52. The zero-order chi connectivity index (χ0) is 26.4. The molecule has 0 spiro atoms. The fraction of sp³-hybridized carbons (Fsp3) is 0.655. The maximum Gasteiger partial charge on any atom is 0.154 e. The maximum atomic E-state index is 15.7. The van der Waals surface area contributed by atoms with Crippen LogP contribution in [-0.2, 0) is 15.9 Å². The summed E-state index contributed by atoms with van der Waals surface area (Å²) in [6.07, 6.45) is 8.62. The van der Waals surface area contributed by atoms with Gasteiger partial charge < -0.3 is 20.1 Å². The van der Waals surface area contributed by atoms with Crippen LogP contribution < -0.4 is 10.6 Å². The molecule has 2 atom stereocenters. The minimum atomic E-state index is -0.311. The second kappa shape index (κ2) is 12.8. The third-order valence-electron chi connectivity index (χ3n) is 7.70. The first-order valence-corrected chi connectivity index (χ1v) is 14.0. The Morgan fingerprint density at radius 2 is 1.95 bits per heavy atom. The van der Waals surface area contributed by atoms with E-state index in [0.717, 1.165) is 51.7 Å². The van der Waals surface area contributed by atoms with Crippen LogP contribution in [0.15, 0.2) is 24.4 Å². The number of rotatable bonds is 10. The highest BCUT2D eigenvalue weighted by Crippen LogP contribution is 2.34. The summed E-state index contributed by atoms with van der Waals surface area (Å²) in [5.41, 5.74) is 1.27. The average Bonchev–Trinajstić information content (AvgIpc) is 2.86. The average molecular weight is 533 g/mol. The molecule has 2 aromatic heterocycles. The largest absolute Gasteiger partial charge is 0.383 e. The second-order valence-corrected chi connectivity index (χ2v) is 11.8.